The zero-order valence-corrected chi connectivity index (χ0v) is 9.27. The topological polar surface area (TPSA) is 17.1 Å². The Morgan fingerprint density at radius 1 is 1.21 bits per heavy atom. The molecule has 0 heterocycles. The van der Waals surface area contributed by atoms with Crippen LogP contribution in [0, 0.1) is 26.7 Å². The van der Waals surface area contributed by atoms with E-state index in [0.717, 1.165) is 12.0 Å². The summed E-state index contributed by atoms with van der Waals surface area (Å²) in [7, 11) is 0. The highest BCUT2D eigenvalue weighted by molar-refractivity contribution is 6.03. The largest absolute Gasteiger partial charge is 0.294 e. The first-order valence-corrected chi connectivity index (χ1v) is 5.16. The highest BCUT2D eigenvalue weighted by Crippen LogP contribution is 2.32. The molecule has 0 bridgehead atoms. The summed E-state index contributed by atoms with van der Waals surface area (Å²) in [6.07, 6.45) is 0.927. The molecule has 1 heteroatoms. The number of hydrogen-bond acceptors (Lipinski definition) is 1. The van der Waals surface area contributed by atoms with Gasteiger partial charge in [0.05, 0.1) is 0 Å². The second-order valence-corrected chi connectivity index (χ2v) is 4.45. The summed E-state index contributed by atoms with van der Waals surface area (Å²) in [4.78, 5) is 11.9. The molecule has 1 atom stereocenters. The van der Waals surface area contributed by atoms with Crippen LogP contribution in [0.3, 0.4) is 0 Å². The number of fused-ring (bicyclic) bond motifs is 1. The lowest BCUT2D eigenvalue weighted by atomic mass is 9.95. The molecule has 1 unspecified atom stereocenters. The maximum atomic E-state index is 11.9. The highest BCUT2D eigenvalue weighted by Gasteiger charge is 2.29. The quantitative estimate of drug-likeness (QED) is 0.611. The molecule has 0 N–H and O–H groups in total. The standard InChI is InChI=1S/C13H16O/c1-7-5-11-6-8(2)13(14)12(11)10(4)9(7)3/h5,8H,6H2,1-4H3. The minimum atomic E-state index is 0.185. The van der Waals surface area contributed by atoms with E-state index in [0.29, 0.717) is 5.78 Å². The van der Waals surface area contributed by atoms with Gasteiger partial charge in [-0.2, -0.15) is 0 Å². The molecule has 0 amide bonds. The number of carbonyl (C=O) groups is 1. The molecular weight excluding hydrogens is 172 g/mol. The molecule has 0 spiro atoms. The van der Waals surface area contributed by atoms with Gasteiger partial charge in [0.2, 0.25) is 0 Å². The van der Waals surface area contributed by atoms with Crippen LogP contribution in [0.1, 0.15) is 39.5 Å². The monoisotopic (exact) mass is 188 g/mol. The van der Waals surface area contributed by atoms with Crippen LogP contribution < -0.4 is 0 Å². The number of Topliss-reactive ketones (excluding diaryl/α,β-unsaturated/α-hetero) is 1. The van der Waals surface area contributed by atoms with Gasteiger partial charge in [0.1, 0.15) is 0 Å². The molecule has 0 saturated heterocycles. The third-order valence-corrected chi connectivity index (χ3v) is 3.46. The fraction of sp³-hybridized carbons (Fsp3) is 0.462. The molecule has 0 fully saturated rings. The van der Waals surface area contributed by atoms with Gasteiger partial charge in [0.15, 0.2) is 5.78 Å². The Morgan fingerprint density at radius 3 is 2.50 bits per heavy atom. The molecular formula is C13H16O. The van der Waals surface area contributed by atoms with Gasteiger partial charge < -0.3 is 0 Å². The summed E-state index contributed by atoms with van der Waals surface area (Å²) < 4.78 is 0. The van der Waals surface area contributed by atoms with Crippen LogP contribution in [-0.4, -0.2) is 5.78 Å². The van der Waals surface area contributed by atoms with Crippen molar-refractivity contribution in [2.45, 2.75) is 34.1 Å². The summed E-state index contributed by atoms with van der Waals surface area (Å²) in [5.41, 5.74) is 6.02. The van der Waals surface area contributed by atoms with Gasteiger partial charge in [-0.25, -0.2) is 0 Å². The van der Waals surface area contributed by atoms with Crippen molar-refractivity contribution in [3.8, 4) is 0 Å². The van der Waals surface area contributed by atoms with Crippen molar-refractivity contribution in [2.24, 2.45) is 5.92 Å². The lowest BCUT2D eigenvalue weighted by Gasteiger charge is -2.09. The third kappa shape index (κ3) is 1.12. The van der Waals surface area contributed by atoms with E-state index in [1.54, 1.807) is 0 Å². The Hall–Kier alpha value is -1.11. The van der Waals surface area contributed by atoms with Crippen molar-refractivity contribution in [1.29, 1.82) is 0 Å². The van der Waals surface area contributed by atoms with E-state index < -0.39 is 0 Å². The third-order valence-electron chi connectivity index (χ3n) is 3.46. The van der Waals surface area contributed by atoms with Crippen LogP contribution in [0.4, 0.5) is 0 Å². The predicted molar refractivity (Wildman–Crippen MR) is 57.9 cm³/mol. The summed E-state index contributed by atoms with van der Waals surface area (Å²) in [6.45, 7) is 8.31. The first-order valence-electron chi connectivity index (χ1n) is 5.16. The van der Waals surface area contributed by atoms with Crippen LogP contribution >= 0.6 is 0 Å². The lowest BCUT2D eigenvalue weighted by Crippen LogP contribution is -2.05. The van der Waals surface area contributed by atoms with Crippen molar-refractivity contribution in [3.63, 3.8) is 0 Å². The number of aryl methyl sites for hydroxylation is 1. The van der Waals surface area contributed by atoms with Crippen molar-refractivity contribution >= 4 is 5.78 Å². The Bertz CT molecular complexity index is 416. The Morgan fingerprint density at radius 2 is 1.86 bits per heavy atom. The molecule has 1 aliphatic rings. The van der Waals surface area contributed by atoms with E-state index >= 15 is 0 Å². The molecule has 2 rings (SSSR count). The number of rotatable bonds is 0. The van der Waals surface area contributed by atoms with Crippen molar-refractivity contribution in [3.05, 3.63) is 33.9 Å². The zero-order chi connectivity index (χ0) is 10.5. The number of hydrogen-bond donors (Lipinski definition) is 0. The lowest BCUT2D eigenvalue weighted by molar-refractivity contribution is 0.0945. The molecule has 14 heavy (non-hydrogen) atoms. The normalized spacial score (nSPS) is 20.0. The second kappa shape index (κ2) is 2.94. The highest BCUT2D eigenvalue weighted by atomic mass is 16.1. The average molecular weight is 188 g/mol. The molecule has 0 saturated carbocycles. The number of ketones is 1. The van der Waals surface area contributed by atoms with Crippen LogP contribution in [0.5, 0.6) is 0 Å². The summed E-state index contributed by atoms with van der Waals surface area (Å²) in [5, 5.41) is 0. The van der Waals surface area contributed by atoms with Gasteiger partial charge in [-0.3, -0.25) is 4.79 Å². The first kappa shape index (κ1) is 9.45. The van der Waals surface area contributed by atoms with Crippen LogP contribution in [0.15, 0.2) is 6.07 Å². The van der Waals surface area contributed by atoms with E-state index in [1.807, 2.05) is 6.92 Å². The number of carbonyl (C=O) groups excluding carboxylic acids is 1. The summed E-state index contributed by atoms with van der Waals surface area (Å²) in [6, 6.07) is 2.18. The van der Waals surface area contributed by atoms with Gasteiger partial charge >= 0.3 is 0 Å². The van der Waals surface area contributed by atoms with Gasteiger partial charge in [-0.05, 0) is 49.4 Å². The fourth-order valence-corrected chi connectivity index (χ4v) is 2.34. The molecule has 0 radical (unpaired) electrons. The van der Waals surface area contributed by atoms with E-state index in [9.17, 15) is 4.79 Å². The maximum absolute atomic E-state index is 11.9. The SMILES string of the molecule is Cc1cc2c(c(C)c1C)C(=O)C(C)C2. The predicted octanol–water partition coefficient (Wildman–Crippen LogP) is 2.99. The molecule has 1 nitrogen and oxygen atoms in total. The van der Waals surface area contributed by atoms with Gasteiger partial charge in [-0.15, -0.1) is 0 Å². The Balaban J connectivity index is 2.71. The number of benzene rings is 1. The minimum Gasteiger partial charge on any atom is -0.294 e. The smallest absolute Gasteiger partial charge is 0.166 e. The molecule has 74 valence electrons. The second-order valence-electron chi connectivity index (χ2n) is 4.45. The van der Waals surface area contributed by atoms with Crippen molar-refractivity contribution in [1.82, 2.24) is 0 Å². The van der Waals surface area contributed by atoms with E-state index in [2.05, 4.69) is 26.8 Å². The Kier molecular flexibility index (Phi) is 1.99. The van der Waals surface area contributed by atoms with Crippen molar-refractivity contribution in [2.75, 3.05) is 0 Å². The minimum absolute atomic E-state index is 0.185. The molecule has 0 aromatic heterocycles. The van der Waals surface area contributed by atoms with Crippen LogP contribution in [0.2, 0.25) is 0 Å². The molecule has 1 aliphatic carbocycles. The summed E-state index contributed by atoms with van der Waals surface area (Å²) >= 11 is 0. The van der Waals surface area contributed by atoms with Gasteiger partial charge in [-0.1, -0.05) is 13.0 Å². The van der Waals surface area contributed by atoms with Crippen LogP contribution in [0.25, 0.3) is 0 Å². The first-order chi connectivity index (χ1) is 6.52. The van der Waals surface area contributed by atoms with E-state index in [4.69, 9.17) is 0 Å². The van der Waals surface area contributed by atoms with E-state index in [1.165, 1.54) is 22.3 Å². The van der Waals surface area contributed by atoms with Crippen LogP contribution in [-0.2, 0) is 6.42 Å². The summed E-state index contributed by atoms with van der Waals surface area (Å²) in [5.74, 6) is 0.519. The van der Waals surface area contributed by atoms with E-state index in [-0.39, 0.29) is 5.92 Å². The average Bonchev–Trinajstić information content (AvgIpc) is 2.39. The fourth-order valence-electron chi connectivity index (χ4n) is 2.34. The van der Waals surface area contributed by atoms with Gasteiger partial charge in [0, 0.05) is 11.5 Å². The Labute approximate surface area is 85.1 Å². The molecule has 1 aromatic carbocycles. The molecule has 0 aliphatic heterocycles. The van der Waals surface area contributed by atoms with Gasteiger partial charge in [0.25, 0.3) is 0 Å². The molecule has 1 aromatic rings. The van der Waals surface area contributed by atoms with Crippen molar-refractivity contribution < 1.29 is 4.79 Å². The maximum Gasteiger partial charge on any atom is 0.166 e. The zero-order valence-electron chi connectivity index (χ0n) is 9.27.